The second kappa shape index (κ2) is 10.8. The molecule has 1 aliphatic rings. The van der Waals surface area contributed by atoms with E-state index in [1.807, 2.05) is 16.7 Å². The van der Waals surface area contributed by atoms with Gasteiger partial charge >= 0.3 is 5.97 Å². The Morgan fingerprint density at radius 2 is 1.76 bits per heavy atom. The second-order valence-corrected chi connectivity index (χ2v) is 9.48. The molecule has 0 saturated carbocycles. The van der Waals surface area contributed by atoms with Crippen molar-refractivity contribution in [1.82, 2.24) is 10.2 Å². The molecule has 0 aromatic heterocycles. The summed E-state index contributed by atoms with van der Waals surface area (Å²) in [5, 5.41) is 12.5. The molecule has 1 saturated heterocycles. The molecule has 0 unspecified atom stereocenters. The maximum absolute atomic E-state index is 13.9. The van der Waals surface area contributed by atoms with Crippen molar-refractivity contribution in [2.45, 2.75) is 18.2 Å². The van der Waals surface area contributed by atoms with Gasteiger partial charge in [0, 0.05) is 38.4 Å². The highest BCUT2D eigenvalue weighted by Gasteiger charge is 2.25. The number of nitrogens with one attached hydrogen (secondary N) is 2. The zero-order chi connectivity index (χ0) is 24.9. The predicted molar refractivity (Wildman–Crippen MR) is 123 cm³/mol. The lowest BCUT2D eigenvalue weighted by Crippen LogP contribution is -2.49. The van der Waals surface area contributed by atoms with Gasteiger partial charge in [-0.2, -0.15) is 0 Å². The van der Waals surface area contributed by atoms with E-state index < -0.39 is 32.5 Å². The number of carboxylic acid groups (broad SMARTS) is 1. The molecular formula is C22H26F2N4O5S. The molecule has 184 valence electrons. The number of carbonyl (C=O) groups is 2. The summed E-state index contributed by atoms with van der Waals surface area (Å²) in [5.74, 6) is -3.39. The average molecular weight is 497 g/mol. The summed E-state index contributed by atoms with van der Waals surface area (Å²) in [6.07, 6.45) is 0.848. The highest BCUT2D eigenvalue weighted by atomic mass is 32.2. The van der Waals surface area contributed by atoms with Crippen LogP contribution in [0.15, 0.2) is 41.3 Å². The number of sulfonamides is 1. The number of carbonyl (C=O) groups excluding carboxylic acids is 1. The van der Waals surface area contributed by atoms with Gasteiger partial charge in [0.15, 0.2) is 0 Å². The minimum absolute atomic E-state index is 0.0621. The van der Waals surface area contributed by atoms with Crippen molar-refractivity contribution in [3.05, 3.63) is 53.6 Å². The number of hydrogen-bond acceptors (Lipinski definition) is 6. The molecule has 1 amide bonds. The quantitative estimate of drug-likeness (QED) is 0.487. The van der Waals surface area contributed by atoms with Gasteiger partial charge in [-0.3, -0.25) is 14.4 Å². The van der Waals surface area contributed by atoms with Crippen LogP contribution in [0.3, 0.4) is 0 Å². The van der Waals surface area contributed by atoms with E-state index in [0.29, 0.717) is 50.5 Å². The molecular weight excluding hydrogens is 470 g/mol. The van der Waals surface area contributed by atoms with Crippen molar-refractivity contribution in [2.75, 3.05) is 48.9 Å². The standard InChI is InChI=1S/C22H26F2N4O5S/c1-2-7-25-21(29)14-27-8-10-28(11-9-27)19-6-4-16(13-17(19)22(30)31)26-34(32,33)20-12-15(23)3-5-18(20)24/h3-6,12-13,26H,2,7-11,14H2,1H3,(H,25,29)(H,30,31). The number of aromatic carboxylic acids is 1. The first-order valence-corrected chi connectivity index (χ1v) is 12.2. The normalized spacial score (nSPS) is 14.6. The first-order valence-electron chi connectivity index (χ1n) is 10.7. The SMILES string of the molecule is CCCNC(=O)CN1CCN(c2ccc(NS(=O)(=O)c3cc(F)ccc3F)cc2C(=O)O)CC1. The molecule has 1 heterocycles. The highest BCUT2D eigenvalue weighted by Crippen LogP contribution is 2.27. The summed E-state index contributed by atoms with van der Waals surface area (Å²) in [7, 11) is -4.49. The smallest absolute Gasteiger partial charge is 0.337 e. The third kappa shape index (κ3) is 6.20. The van der Waals surface area contributed by atoms with Gasteiger partial charge in [0.1, 0.15) is 16.5 Å². The number of rotatable bonds is 9. The lowest BCUT2D eigenvalue weighted by molar-refractivity contribution is -0.122. The van der Waals surface area contributed by atoms with Gasteiger partial charge in [-0.25, -0.2) is 22.0 Å². The van der Waals surface area contributed by atoms with Crippen molar-refractivity contribution in [3.8, 4) is 0 Å². The number of carboxylic acids is 1. The molecule has 3 rings (SSSR count). The van der Waals surface area contributed by atoms with E-state index in [-0.39, 0.29) is 23.7 Å². The van der Waals surface area contributed by atoms with E-state index in [1.165, 1.54) is 12.1 Å². The monoisotopic (exact) mass is 496 g/mol. The van der Waals surface area contributed by atoms with Crippen LogP contribution in [0.2, 0.25) is 0 Å². The molecule has 2 aromatic rings. The summed E-state index contributed by atoms with van der Waals surface area (Å²) in [6, 6.07) is 6.00. The first-order chi connectivity index (χ1) is 16.1. The van der Waals surface area contributed by atoms with Gasteiger partial charge in [0.05, 0.1) is 17.8 Å². The van der Waals surface area contributed by atoms with Crippen molar-refractivity contribution >= 4 is 33.3 Å². The van der Waals surface area contributed by atoms with Gasteiger partial charge in [0.2, 0.25) is 5.91 Å². The Morgan fingerprint density at radius 3 is 2.41 bits per heavy atom. The van der Waals surface area contributed by atoms with Gasteiger partial charge in [-0.1, -0.05) is 6.92 Å². The van der Waals surface area contributed by atoms with Crippen LogP contribution in [0, 0.1) is 11.6 Å². The Hall–Kier alpha value is -3.25. The minimum atomic E-state index is -4.49. The predicted octanol–water partition coefficient (Wildman–Crippen LogP) is 2.11. The lowest BCUT2D eigenvalue weighted by atomic mass is 10.1. The number of halogens is 2. The Labute approximate surface area is 196 Å². The Bertz CT molecular complexity index is 1170. The largest absolute Gasteiger partial charge is 0.478 e. The number of amides is 1. The Balaban J connectivity index is 1.74. The van der Waals surface area contributed by atoms with Crippen LogP contribution in [0.1, 0.15) is 23.7 Å². The Kier molecular flexibility index (Phi) is 8.05. The molecule has 0 spiro atoms. The minimum Gasteiger partial charge on any atom is -0.478 e. The fraction of sp³-hybridized carbons (Fsp3) is 0.364. The van der Waals surface area contributed by atoms with E-state index in [2.05, 4.69) is 10.0 Å². The number of hydrogen-bond donors (Lipinski definition) is 3. The molecule has 0 aliphatic carbocycles. The summed E-state index contributed by atoms with van der Waals surface area (Å²) >= 11 is 0. The molecule has 2 aromatic carbocycles. The summed E-state index contributed by atoms with van der Waals surface area (Å²) in [5.41, 5.74) is 0.146. The van der Waals surface area contributed by atoms with Crippen molar-refractivity contribution in [2.24, 2.45) is 0 Å². The van der Waals surface area contributed by atoms with Gasteiger partial charge in [0.25, 0.3) is 10.0 Å². The lowest BCUT2D eigenvalue weighted by Gasteiger charge is -2.36. The van der Waals surface area contributed by atoms with E-state index in [4.69, 9.17) is 0 Å². The summed E-state index contributed by atoms with van der Waals surface area (Å²) < 4.78 is 54.5. The molecule has 1 fully saturated rings. The van der Waals surface area contributed by atoms with Crippen LogP contribution in [-0.4, -0.2) is 69.6 Å². The summed E-state index contributed by atoms with van der Waals surface area (Å²) in [6.45, 7) is 4.88. The maximum atomic E-state index is 13.9. The topological polar surface area (TPSA) is 119 Å². The fourth-order valence-electron chi connectivity index (χ4n) is 3.61. The molecule has 12 heteroatoms. The van der Waals surface area contributed by atoms with E-state index in [9.17, 15) is 31.9 Å². The number of piperazine rings is 1. The van der Waals surface area contributed by atoms with Crippen molar-refractivity contribution in [3.63, 3.8) is 0 Å². The van der Waals surface area contributed by atoms with Crippen molar-refractivity contribution < 1.29 is 31.9 Å². The highest BCUT2D eigenvalue weighted by molar-refractivity contribution is 7.92. The van der Waals surface area contributed by atoms with Crippen LogP contribution < -0.4 is 14.9 Å². The van der Waals surface area contributed by atoms with Crippen LogP contribution in [0.5, 0.6) is 0 Å². The number of nitrogens with zero attached hydrogens (tertiary/aromatic N) is 2. The van der Waals surface area contributed by atoms with E-state index in [1.54, 1.807) is 0 Å². The second-order valence-electron chi connectivity index (χ2n) is 7.83. The van der Waals surface area contributed by atoms with E-state index in [0.717, 1.165) is 18.6 Å². The summed E-state index contributed by atoms with van der Waals surface area (Å²) in [4.78, 5) is 26.7. The number of anilines is 2. The van der Waals surface area contributed by atoms with Crippen LogP contribution >= 0.6 is 0 Å². The average Bonchev–Trinajstić information content (AvgIpc) is 2.79. The van der Waals surface area contributed by atoms with Gasteiger partial charge in [-0.15, -0.1) is 0 Å². The third-order valence-corrected chi connectivity index (χ3v) is 6.71. The molecule has 3 N–H and O–H groups in total. The van der Waals surface area contributed by atoms with E-state index >= 15 is 0 Å². The van der Waals surface area contributed by atoms with Crippen LogP contribution in [0.4, 0.5) is 20.2 Å². The molecule has 0 radical (unpaired) electrons. The van der Waals surface area contributed by atoms with Gasteiger partial charge < -0.3 is 15.3 Å². The molecule has 0 atom stereocenters. The van der Waals surface area contributed by atoms with Crippen LogP contribution in [-0.2, 0) is 14.8 Å². The third-order valence-electron chi connectivity index (χ3n) is 5.31. The first kappa shape index (κ1) is 25.4. The molecule has 0 bridgehead atoms. The van der Waals surface area contributed by atoms with Gasteiger partial charge in [-0.05, 0) is 42.8 Å². The fourth-order valence-corrected chi connectivity index (χ4v) is 4.75. The maximum Gasteiger partial charge on any atom is 0.337 e. The van der Waals surface area contributed by atoms with Crippen LogP contribution in [0.25, 0.3) is 0 Å². The molecule has 1 aliphatic heterocycles. The number of benzene rings is 2. The Morgan fingerprint density at radius 1 is 1.06 bits per heavy atom. The zero-order valence-electron chi connectivity index (χ0n) is 18.6. The van der Waals surface area contributed by atoms with Crippen molar-refractivity contribution in [1.29, 1.82) is 0 Å². The molecule has 34 heavy (non-hydrogen) atoms. The zero-order valence-corrected chi connectivity index (χ0v) is 19.4. The molecule has 9 nitrogen and oxygen atoms in total.